The summed E-state index contributed by atoms with van der Waals surface area (Å²) in [6.07, 6.45) is 1.24. The van der Waals surface area contributed by atoms with E-state index >= 15 is 0 Å². The van der Waals surface area contributed by atoms with Gasteiger partial charge in [-0.25, -0.2) is 4.79 Å². The molecule has 0 radical (unpaired) electrons. The van der Waals surface area contributed by atoms with Crippen molar-refractivity contribution in [2.24, 2.45) is 0 Å². The molecule has 0 unspecified atom stereocenters. The molecule has 0 aliphatic carbocycles. The summed E-state index contributed by atoms with van der Waals surface area (Å²) in [7, 11) is 0. The zero-order chi connectivity index (χ0) is 16.6. The van der Waals surface area contributed by atoms with Crippen molar-refractivity contribution in [3.05, 3.63) is 35.4 Å². The molecule has 1 rings (SSSR count). The number of alkyl carbamates (subject to hydrolysis) is 1. The molecule has 0 aliphatic rings. The van der Waals surface area contributed by atoms with Crippen LogP contribution in [-0.4, -0.2) is 22.9 Å². The van der Waals surface area contributed by atoms with Crippen molar-refractivity contribution < 1.29 is 9.53 Å². The molecule has 0 aromatic heterocycles. The van der Waals surface area contributed by atoms with Crippen LogP contribution in [0.4, 0.5) is 4.79 Å². The van der Waals surface area contributed by atoms with E-state index in [1.807, 2.05) is 12.1 Å². The van der Waals surface area contributed by atoms with Crippen molar-refractivity contribution in [1.29, 1.82) is 5.41 Å². The van der Waals surface area contributed by atoms with Gasteiger partial charge in [0.1, 0.15) is 11.4 Å². The minimum atomic E-state index is -0.629. The number of benzene rings is 1. The molecule has 0 bridgehead atoms. The first-order valence-corrected chi connectivity index (χ1v) is 8.18. The fraction of sp³-hybridized carbons (Fsp3) is 0.412. The van der Waals surface area contributed by atoms with Gasteiger partial charge in [0.15, 0.2) is 0 Å². The second-order valence-electron chi connectivity index (χ2n) is 5.67. The second kappa shape index (κ2) is 8.60. The fourth-order valence-electron chi connectivity index (χ4n) is 1.52. The summed E-state index contributed by atoms with van der Waals surface area (Å²) in [6.45, 7) is 5.33. The van der Waals surface area contributed by atoms with Crippen molar-refractivity contribution >= 4 is 27.9 Å². The minimum Gasteiger partial charge on any atom is -0.444 e. The van der Waals surface area contributed by atoms with Crippen molar-refractivity contribution in [3.8, 4) is 11.8 Å². The quantitative estimate of drug-likeness (QED) is 0.279. The van der Waals surface area contributed by atoms with Gasteiger partial charge in [-0.05, 0) is 39.3 Å². The third kappa shape index (κ3) is 7.28. The molecular weight excluding hydrogens is 344 g/mol. The van der Waals surface area contributed by atoms with Crippen molar-refractivity contribution in [2.45, 2.75) is 39.2 Å². The van der Waals surface area contributed by atoms with E-state index in [2.05, 4.69) is 33.1 Å². The van der Waals surface area contributed by atoms with Crippen LogP contribution in [0.3, 0.4) is 0 Å². The van der Waals surface area contributed by atoms with E-state index in [4.69, 9.17) is 10.1 Å². The van der Waals surface area contributed by atoms with E-state index in [-0.39, 0.29) is 5.84 Å². The highest BCUT2D eigenvalue weighted by Crippen LogP contribution is 2.08. The Morgan fingerprint density at radius 2 is 1.95 bits per heavy atom. The maximum Gasteiger partial charge on any atom is 0.413 e. The number of amides is 1. The van der Waals surface area contributed by atoms with Crippen LogP contribution in [0.2, 0.25) is 0 Å². The molecular formula is C17H21BrN2O2. The monoisotopic (exact) mass is 364 g/mol. The Hall–Kier alpha value is -1.80. The summed E-state index contributed by atoms with van der Waals surface area (Å²) in [5.74, 6) is 6.16. The van der Waals surface area contributed by atoms with Gasteiger partial charge in [-0.1, -0.05) is 39.9 Å². The lowest BCUT2D eigenvalue weighted by atomic mass is 10.1. The first-order chi connectivity index (χ1) is 10.3. The maximum absolute atomic E-state index is 11.6. The number of rotatable bonds is 3. The number of unbranched alkanes of at least 4 members (excludes halogenated alkanes) is 1. The Balaban J connectivity index is 2.60. The Morgan fingerprint density at radius 1 is 1.32 bits per heavy atom. The smallest absolute Gasteiger partial charge is 0.413 e. The van der Waals surface area contributed by atoms with E-state index in [0.717, 1.165) is 23.7 Å². The molecule has 0 atom stereocenters. The Labute approximate surface area is 140 Å². The molecule has 0 fully saturated rings. The summed E-state index contributed by atoms with van der Waals surface area (Å²) in [5, 5.41) is 11.2. The molecule has 1 aromatic carbocycles. The molecule has 118 valence electrons. The van der Waals surface area contributed by atoms with Crippen LogP contribution in [0.25, 0.3) is 0 Å². The first kappa shape index (κ1) is 18.2. The lowest BCUT2D eigenvalue weighted by Gasteiger charge is -2.19. The molecule has 1 amide bonds. The number of alkyl halides is 1. The molecule has 0 saturated carbocycles. The maximum atomic E-state index is 11.6. The van der Waals surface area contributed by atoms with Crippen LogP contribution >= 0.6 is 15.9 Å². The van der Waals surface area contributed by atoms with Crippen LogP contribution in [0.15, 0.2) is 24.3 Å². The predicted octanol–water partition coefficient (Wildman–Crippen LogP) is 4.06. The summed E-state index contributed by atoms with van der Waals surface area (Å²) in [4.78, 5) is 11.6. The molecule has 0 heterocycles. The van der Waals surface area contributed by atoms with Gasteiger partial charge in [0.2, 0.25) is 0 Å². The number of carbonyl (C=O) groups is 1. The Morgan fingerprint density at radius 3 is 2.50 bits per heavy atom. The number of halogens is 1. The van der Waals surface area contributed by atoms with Gasteiger partial charge in [-0.3, -0.25) is 10.7 Å². The summed E-state index contributed by atoms with van der Waals surface area (Å²) >= 11 is 3.36. The minimum absolute atomic E-state index is 0.00745. The summed E-state index contributed by atoms with van der Waals surface area (Å²) in [6, 6.07) is 7.19. The summed E-state index contributed by atoms with van der Waals surface area (Å²) in [5.41, 5.74) is 0.916. The SMILES string of the molecule is CC(C)(C)OC(=O)NC(=N)c1ccc(C#CCCCBr)cc1. The predicted molar refractivity (Wildman–Crippen MR) is 92.5 cm³/mol. The third-order valence-electron chi connectivity index (χ3n) is 2.47. The highest BCUT2D eigenvalue weighted by atomic mass is 79.9. The topological polar surface area (TPSA) is 62.2 Å². The van der Waals surface area contributed by atoms with E-state index in [1.165, 1.54) is 0 Å². The zero-order valence-corrected chi connectivity index (χ0v) is 14.7. The molecule has 5 heteroatoms. The first-order valence-electron chi connectivity index (χ1n) is 7.05. The van der Waals surface area contributed by atoms with Gasteiger partial charge >= 0.3 is 6.09 Å². The lowest BCUT2D eigenvalue weighted by Crippen LogP contribution is -2.36. The van der Waals surface area contributed by atoms with E-state index < -0.39 is 11.7 Å². The molecule has 0 aliphatic heterocycles. The van der Waals surface area contributed by atoms with Crippen molar-refractivity contribution in [2.75, 3.05) is 5.33 Å². The number of hydrogen-bond acceptors (Lipinski definition) is 3. The average molecular weight is 365 g/mol. The summed E-state index contributed by atoms with van der Waals surface area (Å²) < 4.78 is 5.11. The highest BCUT2D eigenvalue weighted by molar-refractivity contribution is 9.09. The van der Waals surface area contributed by atoms with Crippen LogP contribution in [0.1, 0.15) is 44.7 Å². The molecule has 22 heavy (non-hydrogen) atoms. The Bertz CT molecular complexity index is 577. The fourth-order valence-corrected chi connectivity index (χ4v) is 1.80. The number of nitrogens with one attached hydrogen (secondary N) is 2. The standard InChI is InChI=1S/C17H21BrN2O2/c1-17(2,3)22-16(21)20-15(19)14-10-8-13(9-11-14)7-5-4-6-12-18/h8-11H,4,6,12H2,1-3H3,(H2,19,20,21). The third-order valence-corrected chi connectivity index (χ3v) is 3.03. The van der Waals surface area contributed by atoms with Gasteiger partial charge in [0.25, 0.3) is 0 Å². The van der Waals surface area contributed by atoms with Crippen molar-refractivity contribution in [3.63, 3.8) is 0 Å². The van der Waals surface area contributed by atoms with Crippen LogP contribution < -0.4 is 5.32 Å². The van der Waals surface area contributed by atoms with Crippen LogP contribution in [0.5, 0.6) is 0 Å². The van der Waals surface area contributed by atoms with Gasteiger partial charge in [-0.2, -0.15) is 0 Å². The largest absolute Gasteiger partial charge is 0.444 e. The number of hydrogen-bond donors (Lipinski definition) is 2. The zero-order valence-electron chi connectivity index (χ0n) is 13.1. The van der Waals surface area contributed by atoms with E-state index in [0.29, 0.717) is 5.56 Å². The van der Waals surface area contributed by atoms with Gasteiger partial charge in [0, 0.05) is 22.9 Å². The van der Waals surface area contributed by atoms with Crippen LogP contribution in [-0.2, 0) is 4.74 Å². The van der Waals surface area contributed by atoms with Crippen molar-refractivity contribution in [1.82, 2.24) is 5.32 Å². The van der Waals surface area contributed by atoms with Gasteiger partial charge in [-0.15, -0.1) is 0 Å². The molecule has 2 N–H and O–H groups in total. The van der Waals surface area contributed by atoms with Crippen LogP contribution in [0, 0.1) is 17.3 Å². The highest BCUT2D eigenvalue weighted by Gasteiger charge is 2.17. The van der Waals surface area contributed by atoms with E-state index in [9.17, 15) is 4.79 Å². The number of amidine groups is 1. The lowest BCUT2D eigenvalue weighted by molar-refractivity contribution is 0.0563. The van der Waals surface area contributed by atoms with Gasteiger partial charge in [0.05, 0.1) is 0 Å². The normalized spacial score (nSPS) is 10.4. The molecule has 4 nitrogen and oxygen atoms in total. The molecule has 0 saturated heterocycles. The van der Waals surface area contributed by atoms with Gasteiger partial charge < -0.3 is 4.74 Å². The molecule has 0 spiro atoms. The number of carbonyl (C=O) groups excluding carboxylic acids is 1. The second-order valence-corrected chi connectivity index (χ2v) is 6.47. The Kier molecular flexibility index (Phi) is 7.13. The molecule has 1 aromatic rings. The van der Waals surface area contributed by atoms with E-state index in [1.54, 1.807) is 32.9 Å². The average Bonchev–Trinajstić information content (AvgIpc) is 2.42. The number of ether oxygens (including phenoxy) is 1.